The summed E-state index contributed by atoms with van der Waals surface area (Å²) >= 11 is 0. The minimum Gasteiger partial charge on any atom is -0.357 e. The van der Waals surface area contributed by atoms with Gasteiger partial charge in [0.1, 0.15) is 6.04 Å². The lowest BCUT2D eigenvalue weighted by molar-refractivity contribution is -0.122. The van der Waals surface area contributed by atoms with E-state index in [9.17, 15) is 18.4 Å². The second-order valence-electron chi connectivity index (χ2n) is 5.76. The number of benzene rings is 3. The van der Waals surface area contributed by atoms with Gasteiger partial charge in [0.05, 0.1) is 0 Å². The number of rotatable bonds is 4. The van der Waals surface area contributed by atoms with Crippen LogP contribution in [0.1, 0.15) is 22.0 Å². The van der Waals surface area contributed by atoms with Crippen LogP contribution in [0.15, 0.2) is 60.7 Å². The lowest BCUT2D eigenvalue weighted by Crippen LogP contribution is -2.39. The Morgan fingerprint density at radius 3 is 2.31 bits per heavy atom. The van der Waals surface area contributed by atoms with Crippen molar-refractivity contribution >= 4 is 22.6 Å². The largest absolute Gasteiger partial charge is 0.357 e. The standard InChI is InChI=1S/C20H16F2N2O2/c1-23-20(26)18(14-8-9-16(21)17(22)11-14)24-19(25)15-7-6-12-4-2-3-5-13(12)10-15/h2-11,18H,1H3,(H,23,26)(H,24,25). The van der Waals surface area contributed by atoms with Crippen LogP contribution in [0.3, 0.4) is 0 Å². The van der Waals surface area contributed by atoms with E-state index in [1.807, 2.05) is 24.3 Å². The molecule has 132 valence electrons. The van der Waals surface area contributed by atoms with Crippen molar-refractivity contribution in [3.8, 4) is 0 Å². The van der Waals surface area contributed by atoms with Crippen molar-refractivity contribution in [2.45, 2.75) is 6.04 Å². The maximum Gasteiger partial charge on any atom is 0.252 e. The third-order valence-corrected chi connectivity index (χ3v) is 4.07. The van der Waals surface area contributed by atoms with Crippen LogP contribution < -0.4 is 10.6 Å². The monoisotopic (exact) mass is 354 g/mol. The van der Waals surface area contributed by atoms with Gasteiger partial charge in [0.25, 0.3) is 5.91 Å². The van der Waals surface area contributed by atoms with Gasteiger partial charge in [0.2, 0.25) is 5.91 Å². The predicted molar refractivity (Wildman–Crippen MR) is 94.6 cm³/mol. The second-order valence-corrected chi connectivity index (χ2v) is 5.76. The Kier molecular flexibility index (Phi) is 4.93. The average molecular weight is 354 g/mol. The molecule has 0 aliphatic rings. The predicted octanol–water partition coefficient (Wildman–Crippen LogP) is 3.34. The first-order valence-electron chi connectivity index (χ1n) is 7.96. The van der Waals surface area contributed by atoms with Gasteiger partial charge in [-0.25, -0.2) is 8.78 Å². The Balaban J connectivity index is 1.91. The summed E-state index contributed by atoms with van der Waals surface area (Å²) in [4.78, 5) is 24.7. The Hall–Kier alpha value is -3.28. The van der Waals surface area contributed by atoms with E-state index >= 15 is 0 Å². The van der Waals surface area contributed by atoms with E-state index < -0.39 is 29.5 Å². The van der Waals surface area contributed by atoms with E-state index in [0.29, 0.717) is 5.56 Å². The second kappa shape index (κ2) is 7.31. The molecule has 1 unspecified atom stereocenters. The molecule has 26 heavy (non-hydrogen) atoms. The highest BCUT2D eigenvalue weighted by Gasteiger charge is 2.23. The summed E-state index contributed by atoms with van der Waals surface area (Å²) in [7, 11) is 1.40. The van der Waals surface area contributed by atoms with Crippen LogP contribution in [0.25, 0.3) is 10.8 Å². The Morgan fingerprint density at radius 2 is 1.62 bits per heavy atom. The van der Waals surface area contributed by atoms with Crippen LogP contribution in [-0.2, 0) is 4.79 Å². The van der Waals surface area contributed by atoms with Crippen LogP contribution in [0.2, 0.25) is 0 Å². The number of nitrogens with one attached hydrogen (secondary N) is 2. The smallest absolute Gasteiger partial charge is 0.252 e. The molecule has 3 aromatic carbocycles. The molecule has 0 aliphatic carbocycles. The first-order valence-corrected chi connectivity index (χ1v) is 7.96. The van der Waals surface area contributed by atoms with Gasteiger partial charge in [-0.15, -0.1) is 0 Å². The molecule has 2 amide bonds. The highest BCUT2D eigenvalue weighted by molar-refractivity contribution is 6.00. The van der Waals surface area contributed by atoms with Gasteiger partial charge in [0, 0.05) is 12.6 Å². The number of likely N-dealkylation sites (N-methyl/N-ethyl adjacent to an activating group) is 1. The number of amides is 2. The molecule has 0 saturated carbocycles. The number of fused-ring (bicyclic) bond motifs is 1. The molecule has 0 radical (unpaired) electrons. The number of halogens is 2. The van der Waals surface area contributed by atoms with E-state index in [0.717, 1.165) is 22.9 Å². The first kappa shape index (κ1) is 17.5. The van der Waals surface area contributed by atoms with E-state index in [1.54, 1.807) is 18.2 Å². The molecular formula is C20H16F2N2O2. The molecule has 3 aromatic rings. The maximum atomic E-state index is 13.5. The third kappa shape index (κ3) is 3.54. The van der Waals surface area contributed by atoms with Crippen LogP contribution in [0.5, 0.6) is 0 Å². The topological polar surface area (TPSA) is 58.2 Å². The number of hydrogen-bond acceptors (Lipinski definition) is 2. The minimum absolute atomic E-state index is 0.150. The summed E-state index contributed by atoms with van der Waals surface area (Å²) < 4.78 is 26.7. The average Bonchev–Trinajstić information content (AvgIpc) is 2.67. The fourth-order valence-electron chi connectivity index (χ4n) is 2.68. The van der Waals surface area contributed by atoms with Gasteiger partial charge >= 0.3 is 0 Å². The normalized spacial score (nSPS) is 11.8. The number of carbonyl (C=O) groups excluding carboxylic acids is 2. The molecule has 3 rings (SSSR count). The molecular weight excluding hydrogens is 338 g/mol. The first-order chi connectivity index (χ1) is 12.5. The Morgan fingerprint density at radius 1 is 0.885 bits per heavy atom. The summed E-state index contributed by atoms with van der Waals surface area (Å²) in [6.45, 7) is 0. The molecule has 4 nitrogen and oxygen atoms in total. The molecule has 0 fully saturated rings. The van der Waals surface area contributed by atoms with Gasteiger partial charge < -0.3 is 10.6 Å². The fraction of sp³-hybridized carbons (Fsp3) is 0.100. The molecule has 2 N–H and O–H groups in total. The summed E-state index contributed by atoms with van der Waals surface area (Å²) in [5, 5.41) is 6.84. The van der Waals surface area contributed by atoms with Crippen molar-refractivity contribution in [1.82, 2.24) is 10.6 Å². The van der Waals surface area contributed by atoms with Crippen molar-refractivity contribution in [2.24, 2.45) is 0 Å². The van der Waals surface area contributed by atoms with Gasteiger partial charge in [-0.1, -0.05) is 36.4 Å². The molecule has 0 aliphatic heterocycles. The van der Waals surface area contributed by atoms with E-state index in [-0.39, 0.29) is 5.56 Å². The van der Waals surface area contributed by atoms with Gasteiger partial charge in [-0.05, 0) is 40.6 Å². The summed E-state index contributed by atoms with van der Waals surface area (Å²) in [5.74, 6) is -3.14. The van der Waals surface area contributed by atoms with Crippen LogP contribution in [0.4, 0.5) is 8.78 Å². The Labute approximate surface area is 148 Å². The Bertz CT molecular complexity index is 988. The van der Waals surface area contributed by atoms with Gasteiger partial charge in [-0.3, -0.25) is 9.59 Å². The van der Waals surface area contributed by atoms with Crippen LogP contribution in [-0.4, -0.2) is 18.9 Å². The maximum absolute atomic E-state index is 13.5. The van der Waals surface area contributed by atoms with Crippen molar-refractivity contribution in [1.29, 1.82) is 0 Å². The van der Waals surface area contributed by atoms with Crippen LogP contribution >= 0.6 is 0 Å². The lowest BCUT2D eigenvalue weighted by Gasteiger charge is -2.18. The zero-order valence-electron chi connectivity index (χ0n) is 13.9. The highest BCUT2D eigenvalue weighted by atomic mass is 19.2. The minimum atomic E-state index is -1.14. The van der Waals surface area contributed by atoms with E-state index in [1.165, 1.54) is 13.1 Å². The molecule has 0 spiro atoms. The van der Waals surface area contributed by atoms with Crippen molar-refractivity contribution < 1.29 is 18.4 Å². The molecule has 0 saturated heterocycles. The zero-order chi connectivity index (χ0) is 18.7. The van der Waals surface area contributed by atoms with E-state index in [4.69, 9.17) is 0 Å². The third-order valence-electron chi connectivity index (χ3n) is 4.07. The fourth-order valence-corrected chi connectivity index (χ4v) is 2.68. The van der Waals surface area contributed by atoms with Crippen molar-refractivity contribution in [3.05, 3.63) is 83.4 Å². The van der Waals surface area contributed by atoms with Crippen molar-refractivity contribution in [2.75, 3.05) is 7.05 Å². The summed E-state index contributed by atoms with van der Waals surface area (Å²) in [5.41, 5.74) is 0.512. The summed E-state index contributed by atoms with van der Waals surface area (Å²) in [6, 6.07) is 14.6. The number of carbonyl (C=O) groups is 2. The zero-order valence-corrected chi connectivity index (χ0v) is 13.9. The molecule has 0 aromatic heterocycles. The van der Waals surface area contributed by atoms with Crippen LogP contribution in [0, 0.1) is 11.6 Å². The SMILES string of the molecule is CNC(=O)C(NC(=O)c1ccc2ccccc2c1)c1ccc(F)c(F)c1. The molecule has 6 heteroatoms. The summed E-state index contributed by atoms with van der Waals surface area (Å²) in [6.07, 6.45) is 0. The quantitative estimate of drug-likeness (QED) is 0.755. The lowest BCUT2D eigenvalue weighted by atomic mass is 10.0. The highest BCUT2D eigenvalue weighted by Crippen LogP contribution is 2.19. The van der Waals surface area contributed by atoms with E-state index in [2.05, 4.69) is 10.6 Å². The molecule has 0 heterocycles. The molecule has 0 bridgehead atoms. The van der Waals surface area contributed by atoms with Gasteiger partial charge in [-0.2, -0.15) is 0 Å². The van der Waals surface area contributed by atoms with Crippen molar-refractivity contribution in [3.63, 3.8) is 0 Å². The number of hydrogen-bond donors (Lipinski definition) is 2. The van der Waals surface area contributed by atoms with Gasteiger partial charge in [0.15, 0.2) is 11.6 Å². The molecule has 1 atom stereocenters.